The molecule has 0 aliphatic heterocycles. The van der Waals surface area contributed by atoms with Gasteiger partial charge in [-0.25, -0.2) is 0 Å². The van der Waals surface area contributed by atoms with Crippen LogP contribution in [-0.4, -0.2) is 16.2 Å². The SMILES string of the molecule is CCCC1(Cn2c(=S)[nH]c3c(OCC)cccc32)CC1. The van der Waals surface area contributed by atoms with Gasteiger partial charge in [0.1, 0.15) is 11.3 Å². The Morgan fingerprint density at radius 3 is 2.80 bits per heavy atom. The minimum Gasteiger partial charge on any atom is -0.492 e. The van der Waals surface area contributed by atoms with Crippen molar-refractivity contribution >= 4 is 23.3 Å². The van der Waals surface area contributed by atoms with Gasteiger partial charge in [0.2, 0.25) is 0 Å². The van der Waals surface area contributed by atoms with E-state index in [0.717, 1.165) is 22.6 Å². The van der Waals surface area contributed by atoms with Crippen molar-refractivity contribution in [2.75, 3.05) is 6.61 Å². The number of nitrogens with one attached hydrogen (secondary N) is 1. The second-order valence-corrected chi connectivity index (χ2v) is 6.24. The summed E-state index contributed by atoms with van der Waals surface area (Å²) in [6.07, 6.45) is 5.22. The molecule has 0 unspecified atom stereocenters. The van der Waals surface area contributed by atoms with Crippen LogP contribution in [0.25, 0.3) is 11.0 Å². The first-order valence-corrected chi connectivity index (χ1v) is 7.94. The van der Waals surface area contributed by atoms with E-state index in [4.69, 9.17) is 17.0 Å². The van der Waals surface area contributed by atoms with Gasteiger partial charge in [-0.2, -0.15) is 0 Å². The van der Waals surface area contributed by atoms with Crippen LogP contribution in [0.1, 0.15) is 39.5 Å². The molecule has 3 nitrogen and oxygen atoms in total. The van der Waals surface area contributed by atoms with E-state index in [1.54, 1.807) is 0 Å². The maximum absolute atomic E-state index is 5.69. The van der Waals surface area contributed by atoms with E-state index in [1.807, 2.05) is 19.1 Å². The number of imidazole rings is 1. The Kier molecular flexibility index (Phi) is 3.59. The normalized spacial score (nSPS) is 16.5. The molecular formula is C16H22N2OS. The molecule has 1 N–H and O–H groups in total. The standard InChI is InChI=1S/C16H22N2OS/c1-3-8-16(9-10-16)11-18-12-6-5-7-13(19-4-2)14(12)17-15(18)20/h5-7H,3-4,8-11H2,1-2H3,(H,17,20). The van der Waals surface area contributed by atoms with Crippen LogP contribution in [0.3, 0.4) is 0 Å². The smallest absolute Gasteiger partial charge is 0.178 e. The molecule has 2 aromatic rings. The summed E-state index contributed by atoms with van der Waals surface area (Å²) in [5, 5.41) is 0. The van der Waals surface area contributed by atoms with Gasteiger partial charge < -0.3 is 14.3 Å². The van der Waals surface area contributed by atoms with Gasteiger partial charge in [0.05, 0.1) is 12.1 Å². The summed E-state index contributed by atoms with van der Waals surface area (Å²) in [7, 11) is 0. The molecule has 20 heavy (non-hydrogen) atoms. The molecule has 0 radical (unpaired) electrons. The Bertz CT molecular complexity index is 667. The minimum atomic E-state index is 0.490. The predicted molar refractivity (Wildman–Crippen MR) is 84.9 cm³/mol. The van der Waals surface area contributed by atoms with Gasteiger partial charge in [0.25, 0.3) is 0 Å². The molecule has 0 spiro atoms. The van der Waals surface area contributed by atoms with Gasteiger partial charge in [-0.15, -0.1) is 0 Å². The second-order valence-electron chi connectivity index (χ2n) is 5.85. The van der Waals surface area contributed by atoms with E-state index in [-0.39, 0.29) is 0 Å². The molecule has 108 valence electrons. The number of aromatic nitrogens is 2. The summed E-state index contributed by atoms with van der Waals surface area (Å²) in [6, 6.07) is 6.18. The summed E-state index contributed by atoms with van der Waals surface area (Å²) in [6.45, 7) is 5.98. The van der Waals surface area contributed by atoms with E-state index in [1.165, 1.54) is 31.2 Å². The molecule has 0 bridgehead atoms. The summed E-state index contributed by atoms with van der Waals surface area (Å²) in [5.41, 5.74) is 2.69. The Hall–Kier alpha value is -1.29. The topological polar surface area (TPSA) is 29.9 Å². The predicted octanol–water partition coefficient (Wildman–Crippen LogP) is 4.68. The van der Waals surface area contributed by atoms with Gasteiger partial charge in [0.15, 0.2) is 4.77 Å². The van der Waals surface area contributed by atoms with Crippen LogP contribution in [0.5, 0.6) is 5.75 Å². The van der Waals surface area contributed by atoms with E-state index in [0.29, 0.717) is 12.0 Å². The Labute approximate surface area is 125 Å². The van der Waals surface area contributed by atoms with Crippen LogP contribution in [-0.2, 0) is 6.54 Å². The average molecular weight is 290 g/mol. The lowest BCUT2D eigenvalue weighted by atomic mass is 10.0. The molecule has 1 aromatic heterocycles. The third kappa shape index (κ3) is 2.37. The second kappa shape index (κ2) is 5.24. The highest BCUT2D eigenvalue weighted by Gasteiger charge is 2.42. The molecule has 4 heteroatoms. The lowest BCUT2D eigenvalue weighted by Crippen LogP contribution is -2.11. The lowest BCUT2D eigenvalue weighted by molar-refractivity contribution is 0.343. The Balaban J connectivity index is 2.01. The maximum Gasteiger partial charge on any atom is 0.178 e. The number of nitrogens with zero attached hydrogens (tertiary/aromatic N) is 1. The van der Waals surface area contributed by atoms with Crippen LogP contribution in [0, 0.1) is 10.2 Å². The highest BCUT2D eigenvalue weighted by atomic mass is 32.1. The van der Waals surface area contributed by atoms with Gasteiger partial charge >= 0.3 is 0 Å². The minimum absolute atomic E-state index is 0.490. The number of aromatic amines is 1. The molecule has 1 aliphatic carbocycles. The number of hydrogen-bond acceptors (Lipinski definition) is 2. The molecule has 0 amide bonds. The number of hydrogen-bond donors (Lipinski definition) is 1. The molecule has 1 aliphatic rings. The van der Waals surface area contributed by atoms with E-state index < -0.39 is 0 Å². The Morgan fingerprint density at radius 1 is 1.35 bits per heavy atom. The molecule has 1 saturated carbocycles. The van der Waals surface area contributed by atoms with Gasteiger partial charge in [0, 0.05) is 6.54 Å². The summed E-state index contributed by atoms with van der Waals surface area (Å²) in [4.78, 5) is 3.33. The highest BCUT2D eigenvalue weighted by molar-refractivity contribution is 7.71. The fourth-order valence-electron chi connectivity index (χ4n) is 3.12. The third-order valence-corrected chi connectivity index (χ3v) is 4.63. The van der Waals surface area contributed by atoms with Crippen molar-refractivity contribution in [3.63, 3.8) is 0 Å². The van der Waals surface area contributed by atoms with E-state index in [9.17, 15) is 0 Å². The van der Waals surface area contributed by atoms with Crippen molar-refractivity contribution in [3.05, 3.63) is 23.0 Å². The van der Waals surface area contributed by atoms with Crippen LogP contribution in [0.15, 0.2) is 18.2 Å². The van der Waals surface area contributed by atoms with Crippen LogP contribution < -0.4 is 4.74 Å². The van der Waals surface area contributed by atoms with E-state index in [2.05, 4.69) is 22.5 Å². The fraction of sp³-hybridized carbons (Fsp3) is 0.562. The molecule has 0 saturated heterocycles. The summed E-state index contributed by atoms with van der Waals surface area (Å²) < 4.78 is 8.76. The van der Waals surface area contributed by atoms with Crippen molar-refractivity contribution < 1.29 is 4.74 Å². The van der Waals surface area contributed by atoms with Crippen molar-refractivity contribution in [2.45, 2.75) is 46.1 Å². The van der Waals surface area contributed by atoms with Crippen LogP contribution >= 0.6 is 12.2 Å². The van der Waals surface area contributed by atoms with Gasteiger partial charge in [-0.1, -0.05) is 19.4 Å². The zero-order chi connectivity index (χ0) is 14.2. The number of rotatable bonds is 6. The molecule has 0 atom stereocenters. The van der Waals surface area contributed by atoms with E-state index >= 15 is 0 Å². The zero-order valence-corrected chi connectivity index (χ0v) is 13.1. The first-order valence-electron chi connectivity index (χ1n) is 7.53. The average Bonchev–Trinajstić information content (AvgIpc) is 3.11. The highest BCUT2D eigenvalue weighted by Crippen LogP contribution is 2.51. The molecule has 1 fully saturated rings. The lowest BCUT2D eigenvalue weighted by Gasteiger charge is -2.15. The maximum atomic E-state index is 5.69. The number of para-hydroxylation sites is 1. The molecule has 1 aromatic carbocycles. The molecular weight excluding hydrogens is 268 g/mol. The van der Waals surface area contributed by atoms with Crippen LogP contribution in [0.4, 0.5) is 0 Å². The first-order chi connectivity index (χ1) is 9.69. The number of H-pyrrole nitrogens is 1. The monoisotopic (exact) mass is 290 g/mol. The van der Waals surface area contributed by atoms with Crippen molar-refractivity contribution in [1.29, 1.82) is 0 Å². The quantitative estimate of drug-likeness (QED) is 0.783. The number of ether oxygens (including phenoxy) is 1. The third-order valence-electron chi connectivity index (χ3n) is 4.30. The summed E-state index contributed by atoms with van der Waals surface area (Å²) >= 11 is 5.53. The Morgan fingerprint density at radius 2 is 2.15 bits per heavy atom. The first kappa shape index (κ1) is 13.7. The zero-order valence-electron chi connectivity index (χ0n) is 12.2. The van der Waals surface area contributed by atoms with Crippen molar-refractivity contribution in [3.8, 4) is 5.75 Å². The number of fused-ring (bicyclic) bond motifs is 1. The summed E-state index contributed by atoms with van der Waals surface area (Å²) in [5.74, 6) is 0.898. The van der Waals surface area contributed by atoms with Gasteiger partial charge in [-0.05, 0) is 56.0 Å². The van der Waals surface area contributed by atoms with Crippen molar-refractivity contribution in [2.24, 2.45) is 5.41 Å². The van der Waals surface area contributed by atoms with Gasteiger partial charge in [-0.3, -0.25) is 0 Å². The van der Waals surface area contributed by atoms with Crippen molar-refractivity contribution in [1.82, 2.24) is 9.55 Å². The number of benzene rings is 1. The molecule has 3 rings (SSSR count). The molecule has 1 heterocycles. The largest absolute Gasteiger partial charge is 0.492 e. The van der Waals surface area contributed by atoms with Crippen LogP contribution in [0.2, 0.25) is 0 Å². The fourth-order valence-corrected chi connectivity index (χ4v) is 3.38.